The molecule has 4 heteroatoms. The molecule has 0 saturated carbocycles. The van der Waals surface area contributed by atoms with Crippen molar-refractivity contribution in [2.45, 2.75) is 6.23 Å². The van der Waals surface area contributed by atoms with Gasteiger partial charge in [-0.1, -0.05) is 12.1 Å². The van der Waals surface area contributed by atoms with Gasteiger partial charge >= 0.3 is 0 Å². The average molecular weight is 256 g/mol. The molecule has 0 amide bonds. The number of anilines is 1. The van der Waals surface area contributed by atoms with E-state index in [4.69, 9.17) is 10.00 Å². The molecule has 1 N–H and O–H groups in total. The molecule has 0 aliphatic rings. The Labute approximate surface area is 111 Å². The molecule has 19 heavy (non-hydrogen) atoms. The Balaban J connectivity index is 2.17. The van der Waals surface area contributed by atoms with Crippen molar-refractivity contribution in [1.82, 2.24) is 0 Å². The van der Waals surface area contributed by atoms with Crippen LogP contribution in [0.4, 0.5) is 10.1 Å². The predicted molar refractivity (Wildman–Crippen MR) is 70.9 cm³/mol. The van der Waals surface area contributed by atoms with E-state index in [-0.39, 0.29) is 5.82 Å². The van der Waals surface area contributed by atoms with Gasteiger partial charge in [0, 0.05) is 18.4 Å². The molecule has 0 heterocycles. The van der Waals surface area contributed by atoms with E-state index in [9.17, 15) is 4.39 Å². The van der Waals surface area contributed by atoms with E-state index >= 15 is 0 Å². The first kappa shape index (κ1) is 13.1. The Morgan fingerprint density at radius 3 is 2.53 bits per heavy atom. The highest BCUT2D eigenvalue weighted by atomic mass is 19.1. The third-order valence-electron chi connectivity index (χ3n) is 2.70. The van der Waals surface area contributed by atoms with Crippen LogP contribution in [-0.4, -0.2) is 7.11 Å². The molecule has 2 rings (SSSR count). The molecule has 1 atom stereocenters. The Kier molecular flexibility index (Phi) is 4.11. The van der Waals surface area contributed by atoms with Crippen LogP contribution in [0.2, 0.25) is 0 Å². The molecule has 96 valence electrons. The number of hydrogen-bond donors (Lipinski definition) is 1. The van der Waals surface area contributed by atoms with E-state index in [2.05, 4.69) is 11.4 Å². The third-order valence-corrected chi connectivity index (χ3v) is 2.70. The number of halogens is 1. The average Bonchev–Trinajstić information content (AvgIpc) is 2.45. The van der Waals surface area contributed by atoms with Crippen molar-refractivity contribution in [3.63, 3.8) is 0 Å². The molecule has 3 nitrogen and oxygen atoms in total. The quantitative estimate of drug-likeness (QED) is 0.852. The van der Waals surface area contributed by atoms with E-state index in [0.717, 1.165) is 5.69 Å². The van der Waals surface area contributed by atoms with E-state index in [1.54, 1.807) is 43.5 Å². The first-order chi connectivity index (χ1) is 9.22. The fourth-order valence-electron chi connectivity index (χ4n) is 1.74. The number of ether oxygens (including phenoxy) is 1. The van der Waals surface area contributed by atoms with Crippen LogP contribution in [0.15, 0.2) is 48.5 Å². The second-order valence-corrected chi connectivity index (χ2v) is 4.00. The van der Waals surface area contributed by atoms with Crippen LogP contribution in [0.25, 0.3) is 0 Å². The molecule has 0 aliphatic carbocycles. The lowest BCUT2D eigenvalue weighted by Gasteiger charge is -2.18. The zero-order chi connectivity index (χ0) is 13.7. The standard InChI is InChI=1S/C15H13FN2O/c1-19-15(12-3-2-4-13(16)9-12)18-14-7-5-11(10-17)6-8-14/h2-9,15,18H,1H3. The number of nitrogens with one attached hydrogen (secondary N) is 1. The fraction of sp³-hybridized carbons (Fsp3) is 0.133. The molecule has 0 saturated heterocycles. The second-order valence-electron chi connectivity index (χ2n) is 4.00. The summed E-state index contributed by atoms with van der Waals surface area (Å²) in [7, 11) is 1.55. The van der Waals surface area contributed by atoms with Crippen molar-refractivity contribution < 1.29 is 9.13 Å². The monoisotopic (exact) mass is 256 g/mol. The van der Waals surface area contributed by atoms with Crippen LogP contribution in [0.5, 0.6) is 0 Å². The maximum Gasteiger partial charge on any atom is 0.153 e. The number of hydrogen-bond acceptors (Lipinski definition) is 3. The van der Waals surface area contributed by atoms with Gasteiger partial charge in [0.2, 0.25) is 0 Å². The second kappa shape index (κ2) is 5.98. The highest BCUT2D eigenvalue weighted by Gasteiger charge is 2.10. The van der Waals surface area contributed by atoms with Crippen molar-refractivity contribution in [1.29, 1.82) is 5.26 Å². The summed E-state index contributed by atoms with van der Waals surface area (Å²) < 4.78 is 18.5. The van der Waals surface area contributed by atoms with E-state index < -0.39 is 6.23 Å². The summed E-state index contributed by atoms with van der Waals surface area (Å²) in [4.78, 5) is 0. The molecular formula is C15H13FN2O. The third kappa shape index (κ3) is 3.30. The van der Waals surface area contributed by atoms with Crippen molar-refractivity contribution in [2.24, 2.45) is 0 Å². The fourth-order valence-corrected chi connectivity index (χ4v) is 1.74. The normalized spacial score (nSPS) is 11.6. The van der Waals surface area contributed by atoms with Crippen molar-refractivity contribution in [3.8, 4) is 6.07 Å². The highest BCUT2D eigenvalue weighted by Crippen LogP contribution is 2.21. The van der Waals surface area contributed by atoms with Crippen LogP contribution < -0.4 is 5.32 Å². The van der Waals surface area contributed by atoms with E-state index in [1.807, 2.05) is 0 Å². The lowest BCUT2D eigenvalue weighted by atomic mass is 10.1. The number of nitrogens with zero attached hydrogens (tertiary/aromatic N) is 1. The SMILES string of the molecule is COC(Nc1ccc(C#N)cc1)c1cccc(F)c1. The summed E-state index contributed by atoms with van der Waals surface area (Å²) in [6.07, 6.45) is -0.441. The Morgan fingerprint density at radius 1 is 1.21 bits per heavy atom. The summed E-state index contributed by atoms with van der Waals surface area (Å²) in [6.45, 7) is 0. The molecular weight excluding hydrogens is 243 g/mol. The van der Waals surface area contributed by atoms with Gasteiger partial charge in [0.25, 0.3) is 0 Å². The molecule has 0 fully saturated rings. The summed E-state index contributed by atoms with van der Waals surface area (Å²) in [5, 5.41) is 11.9. The molecule has 0 aromatic heterocycles. The molecule has 0 radical (unpaired) electrons. The number of methoxy groups -OCH3 is 1. The Bertz CT molecular complexity index is 590. The van der Waals surface area contributed by atoms with Gasteiger partial charge in [-0.3, -0.25) is 0 Å². The van der Waals surface area contributed by atoms with Crippen LogP contribution in [0.3, 0.4) is 0 Å². The van der Waals surface area contributed by atoms with Gasteiger partial charge < -0.3 is 10.1 Å². The molecule has 1 unspecified atom stereocenters. The minimum Gasteiger partial charge on any atom is -0.357 e. The zero-order valence-electron chi connectivity index (χ0n) is 10.4. The summed E-state index contributed by atoms with van der Waals surface area (Å²) in [5.74, 6) is -0.304. The molecule has 2 aromatic rings. The topological polar surface area (TPSA) is 45.0 Å². The van der Waals surface area contributed by atoms with Gasteiger partial charge in [-0.25, -0.2) is 4.39 Å². The molecule has 0 aliphatic heterocycles. The van der Waals surface area contributed by atoms with E-state index in [0.29, 0.717) is 11.1 Å². The molecule has 0 spiro atoms. The smallest absolute Gasteiger partial charge is 0.153 e. The minimum atomic E-state index is -0.441. The summed E-state index contributed by atoms with van der Waals surface area (Å²) >= 11 is 0. The van der Waals surface area contributed by atoms with Crippen LogP contribution in [0, 0.1) is 17.1 Å². The van der Waals surface area contributed by atoms with Crippen LogP contribution >= 0.6 is 0 Å². The van der Waals surface area contributed by atoms with Gasteiger partial charge in [-0.15, -0.1) is 0 Å². The Morgan fingerprint density at radius 2 is 1.95 bits per heavy atom. The summed E-state index contributed by atoms with van der Waals surface area (Å²) in [5.41, 5.74) is 2.09. The first-order valence-electron chi connectivity index (χ1n) is 5.78. The largest absolute Gasteiger partial charge is 0.357 e. The van der Waals surface area contributed by atoms with Gasteiger partial charge in [-0.2, -0.15) is 5.26 Å². The highest BCUT2D eigenvalue weighted by molar-refractivity contribution is 5.48. The van der Waals surface area contributed by atoms with Crippen LogP contribution in [-0.2, 0) is 4.74 Å². The minimum absolute atomic E-state index is 0.304. The maximum atomic E-state index is 13.2. The number of nitriles is 1. The molecule has 0 bridgehead atoms. The maximum absolute atomic E-state index is 13.2. The van der Waals surface area contributed by atoms with Crippen molar-refractivity contribution in [3.05, 3.63) is 65.5 Å². The number of benzene rings is 2. The number of rotatable bonds is 4. The van der Waals surface area contributed by atoms with Gasteiger partial charge in [0.15, 0.2) is 6.23 Å². The zero-order valence-corrected chi connectivity index (χ0v) is 10.4. The van der Waals surface area contributed by atoms with Crippen LogP contribution in [0.1, 0.15) is 17.4 Å². The molecule has 2 aromatic carbocycles. The van der Waals surface area contributed by atoms with Crippen molar-refractivity contribution >= 4 is 5.69 Å². The van der Waals surface area contributed by atoms with Crippen molar-refractivity contribution in [2.75, 3.05) is 12.4 Å². The van der Waals surface area contributed by atoms with E-state index in [1.165, 1.54) is 12.1 Å². The Hall–Kier alpha value is -2.38. The lowest BCUT2D eigenvalue weighted by molar-refractivity contribution is 0.126. The summed E-state index contributed by atoms with van der Waals surface area (Å²) in [6, 6.07) is 15.3. The van der Waals surface area contributed by atoms with Gasteiger partial charge in [-0.05, 0) is 36.4 Å². The van der Waals surface area contributed by atoms with Gasteiger partial charge in [0.1, 0.15) is 5.82 Å². The van der Waals surface area contributed by atoms with Gasteiger partial charge in [0.05, 0.1) is 11.6 Å². The predicted octanol–water partition coefficient (Wildman–Crippen LogP) is 3.45. The lowest BCUT2D eigenvalue weighted by Crippen LogP contribution is -2.12. The first-order valence-corrected chi connectivity index (χ1v) is 5.78.